The summed E-state index contributed by atoms with van der Waals surface area (Å²) in [6.07, 6.45) is 0.999. The highest BCUT2D eigenvalue weighted by atomic mass is 35.5. The monoisotopic (exact) mass is 578 g/mol. The number of aromatic nitrogens is 2. The highest BCUT2D eigenvalue weighted by molar-refractivity contribution is 6.31. The van der Waals surface area contributed by atoms with Crippen LogP contribution in [0.25, 0.3) is 10.9 Å². The van der Waals surface area contributed by atoms with Crippen LogP contribution in [0.5, 0.6) is 0 Å². The number of methoxy groups -OCH3 is 1. The molecule has 0 aliphatic carbocycles. The molecular weight excluding hydrogens is 554 g/mol. The average Bonchev–Trinajstić information content (AvgIpc) is 3.55. The number of benzene rings is 3. The Morgan fingerprint density at radius 2 is 2.02 bits per heavy atom. The Labute approximate surface area is 239 Å². The zero-order valence-corrected chi connectivity index (χ0v) is 23.3. The standard InChI is InChI=1S/C30H25Cl2FN4O3/c1-3-36-24-13-23-18-10-8-15(28(38)40-2)11-22(18)35-37(23)27(24)25(19-5-4-6-20(32)26(19)33)30(36)14-16-7-9-17(31)12-21(16)34-29(30)39/h4-12,24-25,27H,3,13-14H2,1-2H3,(H,34,39)/t24-,25-,27+,30+/m0/s1. The van der Waals surface area contributed by atoms with Crippen LogP contribution >= 0.6 is 23.2 Å². The quantitative estimate of drug-likeness (QED) is 0.311. The first-order valence-electron chi connectivity index (χ1n) is 13.2. The fraction of sp³-hybridized carbons (Fsp3) is 0.300. The molecule has 40 heavy (non-hydrogen) atoms. The second-order valence-corrected chi connectivity index (χ2v) is 11.5. The van der Waals surface area contributed by atoms with E-state index in [0.29, 0.717) is 46.7 Å². The van der Waals surface area contributed by atoms with Crippen LogP contribution in [0, 0.1) is 5.82 Å². The fourth-order valence-corrected chi connectivity index (χ4v) is 7.73. The molecule has 1 spiro atoms. The predicted octanol–water partition coefficient (Wildman–Crippen LogP) is 5.79. The zero-order chi connectivity index (χ0) is 27.9. The Hall–Kier alpha value is -3.46. The predicted molar refractivity (Wildman–Crippen MR) is 151 cm³/mol. The number of anilines is 1. The molecule has 0 saturated carbocycles. The number of halogens is 3. The van der Waals surface area contributed by atoms with E-state index in [1.807, 2.05) is 29.8 Å². The van der Waals surface area contributed by atoms with Gasteiger partial charge in [-0.15, -0.1) is 0 Å². The Bertz CT molecular complexity index is 1740. The van der Waals surface area contributed by atoms with Gasteiger partial charge in [0.2, 0.25) is 5.91 Å². The lowest BCUT2D eigenvalue weighted by molar-refractivity contribution is -0.128. The van der Waals surface area contributed by atoms with E-state index in [4.69, 9.17) is 33.0 Å². The van der Waals surface area contributed by atoms with Gasteiger partial charge in [-0.3, -0.25) is 14.4 Å². The summed E-state index contributed by atoms with van der Waals surface area (Å²) in [5, 5.41) is 9.50. The van der Waals surface area contributed by atoms with Gasteiger partial charge < -0.3 is 10.1 Å². The van der Waals surface area contributed by atoms with Crippen LogP contribution < -0.4 is 5.32 Å². The third-order valence-corrected chi connectivity index (χ3v) is 9.43. The summed E-state index contributed by atoms with van der Waals surface area (Å²) in [4.78, 5) is 28.7. The maximum Gasteiger partial charge on any atom is 0.337 e. The molecule has 4 heterocycles. The molecule has 3 aromatic carbocycles. The van der Waals surface area contributed by atoms with Gasteiger partial charge in [0.15, 0.2) is 0 Å². The van der Waals surface area contributed by atoms with Crippen LogP contribution in [0.1, 0.15) is 46.1 Å². The Kier molecular flexibility index (Phi) is 5.75. The van der Waals surface area contributed by atoms with Crippen LogP contribution in [0.2, 0.25) is 10.0 Å². The van der Waals surface area contributed by atoms with Gasteiger partial charge in [-0.25, -0.2) is 9.18 Å². The van der Waals surface area contributed by atoms with Crippen LogP contribution in [-0.2, 0) is 22.4 Å². The SMILES string of the molecule is CCN1[C@H]2Cc3c4ccc(C(=O)OC)cc4nn3[C@H]2[C@H](c2cccc(Cl)c2F)[C@@]12Cc1ccc(Cl)cc1NC2=O. The summed E-state index contributed by atoms with van der Waals surface area (Å²) < 4.78 is 22.8. The topological polar surface area (TPSA) is 76.5 Å². The van der Waals surface area contributed by atoms with Gasteiger partial charge in [0.25, 0.3) is 0 Å². The molecule has 7 nitrogen and oxygen atoms in total. The molecule has 0 unspecified atom stereocenters. The van der Waals surface area contributed by atoms with E-state index in [-0.39, 0.29) is 23.0 Å². The molecule has 3 aliphatic heterocycles. The number of likely N-dealkylation sites (N-methyl/N-ethyl adjacent to an activating group) is 1. The number of amides is 1. The minimum absolute atomic E-state index is 0.00844. The third kappa shape index (κ3) is 3.36. The zero-order valence-electron chi connectivity index (χ0n) is 21.7. The van der Waals surface area contributed by atoms with Gasteiger partial charge in [-0.1, -0.05) is 54.4 Å². The molecule has 7 rings (SSSR count). The largest absolute Gasteiger partial charge is 0.465 e. The lowest BCUT2D eigenvalue weighted by Crippen LogP contribution is -2.61. The van der Waals surface area contributed by atoms with Crippen LogP contribution in [0.15, 0.2) is 54.6 Å². The molecule has 4 atom stereocenters. The number of hydrogen-bond acceptors (Lipinski definition) is 5. The number of rotatable bonds is 3. The molecule has 0 radical (unpaired) electrons. The third-order valence-electron chi connectivity index (χ3n) is 8.90. The highest BCUT2D eigenvalue weighted by Crippen LogP contribution is 2.59. The molecular formula is C30H25Cl2FN4O3. The summed E-state index contributed by atoms with van der Waals surface area (Å²) in [7, 11) is 1.34. The fourth-order valence-electron chi connectivity index (χ4n) is 7.37. The second kappa shape index (κ2) is 9.03. The number of fused-ring (bicyclic) bond motifs is 6. The molecule has 10 heteroatoms. The maximum absolute atomic E-state index is 15.9. The molecule has 3 aliphatic rings. The average molecular weight is 579 g/mol. The highest BCUT2D eigenvalue weighted by Gasteiger charge is 2.66. The Morgan fingerprint density at radius 3 is 2.80 bits per heavy atom. The van der Waals surface area contributed by atoms with Gasteiger partial charge in [0, 0.05) is 46.6 Å². The van der Waals surface area contributed by atoms with Crippen molar-refractivity contribution in [2.75, 3.05) is 19.0 Å². The van der Waals surface area contributed by atoms with E-state index in [2.05, 4.69) is 10.2 Å². The first-order chi connectivity index (χ1) is 19.3. The van der Waals surface area contributed by atoms with Crippen molar-refractivity contribution in [3.8, 4) is 0 Å². The number of likely N-dealkylation sites (tertiary alicyclic amines) is 1. The first-order valence-corrected chi connectivity index (χ1v) is 13.9. The molecule has 1 aromatic heterocycles. The summed E-state index contributed by atoms with van der Waals surface area (Å²) in [6.45, 7) is 2.60. The lowest BCUT2D eigenvalue weighted by Gasteiger charge is -2.45. The van der Waals surface area contributed by atoms with E-state index in [1.54, 1.807) is 30.3 Å². The summed E-state index contributed by atoms with van der Waals surface area (Å²) >= 11 is 12.6. The van der Waals surface area contributed by atoms with Gasteiger partial charge in [0.1, 0.15) is 11.4 Å². The van der Waals surface area contributed by atoms with E-state index in [9.17, 15) is 9.59 Å². The number of nitrogens with zero attached hydrogens (tertiary/aromatic N) is 3. The van der Waals surface area contributed by atoms with Gasteiger partial charge in [-0.05, 0) is 48.0 Å². The van der Waals surface area contributed by atoms with Crippen LogP contribution in [-0.4, -0.2) is 51.8 Å². The van der Waals surface area contributed by atoms with Crippen LogP contribution in [0.4, 0.5) is 10.1 Å². The number of carbonyl (C=O) groups is 2. The van der Waals surface area contributed by atoms with Crippen molar-refractivity contribution in [2.45, 2.75) is 43.3 Å². The van der Waals surface area contributed by atoms with Crippen molar-refractivity contribution >= 4 is 51.7 Å². The summed E-state index contributed by atoms with van der Waals surface area (Å²) in [5.41, 5.74) is 2.94. The van der Waals surface area contributed by atoms with Crippen molar-refractivity contribution in [2.24, 2.45) is 0 Å². The molecule has 1 saturated heterocycles. The van der Waals surface area contributed by atoms with E-state index in [1.165, 1.54) is 13.2 Å². The molecule has 1 N–H and O–H groups in total. The normalized spacial score (nSPS) is 25.1. The molecule has 0 bridgehead atoms. The molecule has 4 aromatic rings. The maximum atomic E-state index is 15.9. The van der Waals surface area contributed by atoms with Crippen LogP contribution in [0.3, 0.4) is 0 Å². The van der Waals surface area contributed by atoms with E-state index >= 15 is 4.39 Å². The minimum atomic E-state index is -1.09. The number of carbonyl (C=O) groups excluding carboxylic acids is 2. The van der Waals surface area contributed by atoms with Crippen molar-refractivity contribution in [1.82, 2.24) is 14.7 Å². The van der Waals surface area contributed by atoms with Crippen molar-refractivity contribution in [3.63, 3.8) is 0 Å². The number of hydrogen-bond donors (Lipinski definition) is 1. The van der Waals surface area contributed by atoms with Crippen molar-refractivity contribution in [1.29, 1.82) is 0 Å². The molecule has 1 amide bonds. The van der Waals surface area contributed by atoms with Gasteiger partial charge in [0.05, 0.1) is 29.3 Å². The first kappa shape index (κ1) is 25.5. The number of ether oxygens (including phenoxy) is 1. The number of esters is 1. The Morgan fingerprint density at radius 1 is 1.20 bits per heavy atom. The summed E-state index contributed by atoms with van der Waals surface area (Å²) in [5.74, 6) is -1.77. The minimum Gasteiger partial charge on any atom is -0.465 e. The smallest absolute Gasteiger partial charge is 0.337 e. The van der Waals surface area contributed by atoms with E-state index in [0.717, 1.165) is 16.6 Å². The molecule has 1 fully saturated rings. The van der Waals surface area contributed by atoms with E-state index < -0.39 is 23.2 Å². The molecule has 204 valence electrons. The lowest BCUT2D eigenvalue weighted by atomic mass is 9.71. The Balaban J connectivity index is 1.46. The van der Waals surface area contributed by atoms with Crippen molar-refractivity contribution in [3.05, 3.63) is 92.8 Å². The van der Waals surface area contributed by atoms with Crippen molar-refractivity contribution < 1.29 is 18.7 Å². The summed E-state index contributed by atoms with van der Waals surface area (Å²) in [6, 6.07) is 15.3. The number of nitrogens with one attached hydrogen (secondary N) is 1. The van der Waals surface area contributed by atoms with Gasteiger partial charge in [-0.2, -0.15) is 5.10 Å². The second-order valence-electron chi connectivity index (χ2n) is 10.6. The van der Waals surface area contributed by atoms with Gasteiger partial charge >= 0.3 is 5.97 Å².